The van der Waals surface area contributed by atoms with Crippen LogP contribution in [0.25, 0.3) is 0 Å². The highest BCUT2D eigenvalue weighted by Crippen LogP contribution is 2.50. The zero-order valence-electron chi connectivity index (χ0n) is 10.4. The van der Waals surface area contributed by atoms with Gasteiger partial charge in [-0.1, -0.05) is 43.3 Å². The van der Waals surface area contributed by atoms with Gasteiger partial charge in [0, 0.05) is 4.94 Å². The minimum atomic E-state index is -4.19. The molecule has 0 amide bonds. The molecule has 0 atom stereocenters. The Morgan fingerprint density at radius 3 is 1.81 bits per heavy atom. The van der Waals surface area contributed by atoms with Gasteiger partial charge >= 0.3 is 7.60 Å². The largest absolute Gasteiger partial charge is 0.347 e. The van der Waals surface area contributed by atoms with Crippen molar-refractivity contribution in [2.75, 3.05) is 0 Å². The fourth-order valence-electron chi connectivity index (χ4n) is 1.16. The summed E-state index contributed by atoms with van der Waals surface area (Å²) < 4.78 is 11.5. The third-order valence-corrected chi connectivity index (χ3v) is 11.0. The molecule has 3 nitrogen and oxygen atoms in total. The van der Waals surface area contributed by atoms with Gasteiger partial charge in [0.1, 0.15) is 8.07 Å². The average Bonchev–Trinajstić information content (AvgIpc) is 2.12. The van der Waals surface area contributed by atoms with Crippen molar-refractivity contribution in [1.82, 2.24) is 0 Å². The third kappa shape index (κ3) is 4.35. The van der Waals surface area contributed by atoms with E-state index in [2.05, 4.69) is 13.2 Å². The molecule has 0 aromatic rings. The Balaban J connectivity index is 5.73. The minimum Gasteiger partial charge on any atom is -0.322 e. The lowest BCUT2D eigenvalue weighted by Crippen LogP contribution is -2.30. The molecule has 0 aliphatic carbocycles. The first-order valence-electron chi connectivity index (χ1n) is 5.03. The van der Waals surface area contributed by atoms with Gasteiger partial charge in [-0.15, -0.1) is 13.2 Å². The summed E-state index contributed by atoms with van der Waals surface area (Å²) in [6, 6.07) is 0. The topological polar surface area (TPSA) is 57.5 Å². The second-order valence-electron chi connectivity index (χ2n) is 5.02. The van der Waals surface area contributed by atoms with E-state index in [1.807, 2.05) is 31.9 Å². The first-order valence-corrected chi connectivity index (χ1v) is 12.9. The molecular formula is C10H21O3PSi2. The highest BCUT2D eigenvalue weighted by molar-refractivity contribution is 7.61. The highest BCUT2D eigenvalue weighted by atomic mass is 31.2. The molecule has 0 aliphatic rings. The molecule has 92 valence electrons. The number of rotatable bonds is 5. The van der Waals surface area contributed by atoms with Crippen molar-refractivity contribution in [2.24, 2.45) is 0 Å². The fraction of sp³-hybridized carbons (Fsp3) is 0.400. The van der Waals surface area contributed by atoms with Crippen molar-refractivity contribution in [3.63, 3.8) is 0 Å². The lowest BCUT2D eigenvalue weighted by molar-refractivity contribution is 0.384. The van der Waals surface area contributed by atoms with Crippen LogP contribution in [-0.4, -0.2) is 25.9 Å². The number of hydrogen-bond acceptors (Lipinski definition) is 1. The molecule has 16 heavy (non-hydrogen) atoms. The van der Waals surface area contributed by atoms with E-state index in [0.29, 0.717) is 0 Å². The molecule has 6 heteroatoms. The Bertz CT molecular complexity index is 366. The van der Waals surface area contributed by atoms with E-state index in [-0.39, 0.29) is 4.94 Å². The van der Waals surface area contributed by atoms with Gasteiger partial charge in [0.05, 0.1) is 8.07 Å². The Labute approximate surface area is 99.8 Å². The van der Waals surface area contributed by atoms with Crippen LogP contribution >= 0.6 is 7.60 Å². The van der Waals surface area contributed by atoms with Crippen LogP contribution in [0.15, 0.2) is 35.2 Å². The van der Waals surface area contributed by atoms with Gasteiger partial charge in [0.2, 0.25) is 0 Å². The Morgan fingerprint density at radius 1 is 1.12 bits per heavy atom. The summed E-state index contributed by atoms with van der Waals surface area (Å²) in [6.07, 6.45) is 0. The van der Waals surface area contributed by atoms with Gasteiger partial charge in [-0.2, -0.15) is 0 Å². The quantitative estimate of drug-likeness (QED) is 0.599. The molecule has 0 saturated heterocycles. The van der Waals surface area contributed by atoms with Crippen molar-refractivity contribution >= 4 is 23.7 Å². The summed E-state index contributed by atoms with van der Waals surface area (Å²) in [5.74, 6) is 0. The first-order chi connectivity index (χ1) is 6.96. The van der Waals surface area contributed by atoms with Gasteiger partial charge in [-0.25, -0.2) is 0 Å². The molecule has 0 radical (unpaired) electrons. The van der Waals surface area contributed by atoms with Crippen LogP contribution in [0.3, 0.4) is 0 Å². The van der Waals surface area contributed by atoms with E-state index in [1.54, 1.807) is 11.4 Å². The molecule has 0 unspecified atom stereocenters. The summed E-state index contributed by atoms with van der Waals surface area (Å²) in [5, 5.41) is 0. The molecule has 0 bridgehead atoms. The summed E-state index contributed by atoms with van der Waals surface area (Å²) in [7, 11) is -8.28. The second kappa shape index (κ2) is 4.98. The Kier molecular flexibility index (Phi) is 4.92. The minimum absolute atomic E-state index is 0.284. The van der Waals surface area contributed by atoms with E-state index in [1.165, 1.54) is 0 Å². The van der Waals surface area contributed by atoms with Gasteiger partial charge in [0.25, 0.3) is 0 Å². The normalized spacial score (nSPS) is 14.8. The molecule has 0 aliphatic heterocycles. The maximum absolute atomic E-state index is 11.5. The molecule has 0 aromatic carbocycles. The summed E-state index contributed by atoms with van der Waals surface area (Å²) in [4.78, 5) is 19.1. The van der Waals surface area contributed by atoms with E-state index >= 15 is 0 Å². The summed E-state index contributed by atoms with van der Waals surface area (Å²) in [5.41, 5.74) is 5.29. The zero-order valence-corrected chi connectivity index (χ0v) is 13.3. The van der Waals surface area contributed by atoms with E-state index in [9.17, 15) is 14.4 Å². The highest BCUT2D eigenvalue weighted by Gasteiger charge is 2.36. The van der Waals surface area contributed by atoms with E-state index in [0.717, 1.165) is 0 Å². The van der Waals surface area contributed by atoms with Crippen LogP contribution in [0.1, 0.15) is 0 Å². The molecule has 0 aromatic heterocycles. The predicted octanol–water partition coefficient (Wildman–Crippen LogP) is 2.99. The SMILES string of the molecule is C=C[Si](C)(C)/C=C(/[Si](C)(C)C=C)P(=O)(O)O. The van der Waals surface area contributed by atoms with Crippen LogP contribution < -0.4 is 0 Å². The first kappa shape index (κ1) is 15.8. The smallest absolute Gasteiger partial charge is 0.322 e. The molecule has 0 spiro atoms. The van der Waals surface area contributed by atoms with Gasteiger partial charge < -0.3 is 9.79 Å². The standard InChI is InChI=1S/C10H21O3PSi2/c1-7-15(3,4)9-10(14(11,12)13)16(5,6)8-2/h7-9H,1-2H2,3-6H3,(H2,11,12,13)/b10-9+. The van der Waals surface area contributed by atoms with Crippen molar-refractivity contribution in [3.8, 4) is 0 Å². The zero-order chi connectivity index (χ0) is 13.2. The molecule has 0 rings (SSSR count). The Hall–Kier alpha value is -0.196. The Morgan fingerprint density at radius 2 is 1.56 bits per heavy atom. The van der Waals surface area contributed by atoms with Crippen molar-refractivity contribution in [2.45, 2.75) is 26.2 Å². The van der Waals surface area contributed by atoms with Gasteiger partial charge in [-0.05, 0) is 0 Å². The van der Waals surface area contributed by atoms with E-state index in [4.69, 9.17) is 0 Å². The summed E-state index contributed by atoms with van der Waals surface area (Å²) in [6.45, 7) is 15.2. The molecule has 0 fully saturated rings. The average molecular weight is 276 g/mol. The molecule has 0 heterocycles. The van der Waals surface area contributed by atoms with Gasteiger partial charge in [0.15, 0.2) is 0 Å². The maximum Gasteiger partial charge on any atom is 0.347 e. The lowest BCUT2D eigenvalue weighted by Gasteiger charge is -2.26. The lowest BCUT2D eigenvalue weighted by atomic mass is 11.2. The van der Waals surface area contributed by atoms with Crippen molar-refractivity contribution < 1.29 is 14.4 Å². The van der Waals surface area contributed by atoms with Crippen LogP contribution in [0, 0.1) is 0 Å². The van der Waals surface area contributed by atoms with Crippen LogP contribution in [0.4, 0.5) is 0 Å². The van der Waals surface area contributed by atoms with Crippen molar-refractivity contribution in [1.29, 1.82) is 0 Å². The number of hydrogen-bond donors (Lipinski definition) is 2. The monoisotopic (exact) mass is 276 g/mol. The molecule has 2 N–H and O–H groups in total. The van der Waals surface area contributed by atoms with Crippen molar-refractivity contribution in [3.05, 3.63) is 35.2 Å². The maximum atomic E-state index is 11.5. The van der Waals surface area contributed by atoms with Crippen LogP contribution in [0.5, 0.6) is 0 Å². The predicted molar refractivity (Wildman–Crippen MR) is 75.5 cm³/mol. The second-order valence-corrected chi connectivity index (χ2v) is 15.7. The van der Waals surface area contributed by atoms with Crippen LogP contribution in [-0.2, 0) is 4.57 Å². The van der Waals surface area contributed by atoms with Gasteiger partial charge in [-0.3, -0.25) is 4.57 Å². The summed E-state index contributed by atoms with van der Waals surface area (Å²) >= 11 is 0. The molecular weight excluding hydrogens is 255 g/mol. The fourth-order valence-corrected chi connectivity index (χ4v) is 9.74. The van der Waals surface area contributed by atoms with E-state index < -0.39 is 23.7 Å². The van der Waals surface area contributed by atoms with Crippen LogP contribution in [0.2, 0.25) is 26.2 Å². The third-order valence-electron chi connectivity index (χ3n) is 2.52. The molecule has 0 saturated carbocycles.